The van der Waals surface area contributed by atoms with Gasteiger partial charge in [0.15, 0.2) is 11.5 Å². The summed E-state index contributed by atoms with van der Waals surface area (Å²) in [4.78, 5) is 1.18. The molecule has 2 nitrogen and oxygen atoms in total. The molecule has 0 N–H and O–H groups in total. The maximum Gasteiger partial charge on any atom is 0.161 e. The van der Waals surface area contributed by atoms with Crippen LogP contribution in [0, 0.1) is 0 Å². The van der Waals surface area contributed by atoms with E-state index < -0.39 is 0 Å². The highest BCUT2D eigenvalue weighted by Crippen LogP contribution is 2.31. The Morgan fingerprint density at radius 3 is 2.63 bits per heavy atom. The molecule has 102 valence electrons. The molecule has 0 saturated heterocycles. The molecule has 2 aromatic rings. The predicted molar refractivity (Wildman–Crippen MR) is 86.6 cm³/mol. The van der Waals surface area contributed by atoms with Crippen molar-refractivity contribution in [3.63, 3.8) is 0 Å². The molecular formula is C14H14Br2O2S. The Balaban J connectivity index is 2.10. The Bertz CT molecular complexity index is 540. The summed E-state index contributed by atoms with van der Waals surface area (Å²) in [6, 6.07) is 8.08. The van der Waals surface area contributed by atoms with E-state index in [4.69, 9.17) is 9.47 Å². The van der Waals surface area contributed by atoms with Crippen molar-refractivity contribution < 1.29 is 9.47 Å². The van der Waals surface area contributed by atoms with Crippen molar-refractivity contribution >= 4 is 43.2 Å². The zero-order valence-corrected chi connectivity index (χ0v) is 14.5. The molecule has 1 heterocycles. The molecular weight excluding hydrogens is 392 g/mol. The average molecular weight is 406 g/mol. The molecule has 0 amide bonds. The molecule has 0 saturated carbocycles. The molecule has 0 aliphatic carbocycles. The second-order valence-corrected chi connectivity index (χ2v) is 6.34. The molecule has 0 aliphatic rings. The topological polar surface area (TPSA) is 18.5 Å². The first-order chi connectivity index (χ1) is 9.22. The Morgan fingerprint density at radius 2 is 2.00 bits per heavy atom. The second-order valence-electron chi connectivity index (χ2n) is 3.87. The Labute approximate surface area is 134 Å². The summed E-state index contributed by atoms with van der Waals surface area (Å²) in [5.74, 6) is 1.59. The van der Waals surface area contributed by atoms with Crippen molar-refractivity contribution in [2.75, 3.05) is 6.61 Å². The van der Waals surface area contributed by atoms with E-state index in [1.54, 1.807) is 11.3 Å². The molecule has 0 radical (unpaired) electrons. The van der Waals surface area contributed by atoms with Gasteiger partial charge < -0.3 is 9.47 Å². The van der Waals surface area contributed by atoms with Crippen LogP contribution in [-0.4, -0.2) is 6.61 Å². The van der Waals surface area contributed by atoms with E-state index in [0.717, 1.165) is 21.3 Å². The predicted octanol–water partition coefficient (Wildman–Crippen LogP) is 5.38. The van der Waals surface area contributed by atoms with Gasteiger partial charge in [-0.3, -0.25) is 0 Å². The smallest absolute Gasteiger partial charge is 0.161 e. The van der Waals surface area contributed by atoms with Crippen LogP contribution in [0.5, 0.6) is 11.5 Å². The van der Waals surface area contributed by atoms with Gasteiger partial charge in [-0.15, -0.1) is 11.3 Å². The third-order valence-corrected chi connectivity index (χ3v) is 4.77. The first-order valence-electron chi connectivity index (χ1n) is 5.90. The first kappa shape index (κ1) is 14.9. The summed E-state index contributed by atoms with van der Waals surface area (Å²) in [6.45, 7) is 3.16. The largest absolute Gasteiger partial charge is 0.490 e. The first-order valence-corrected chi connectivity index (χ1v) is 8.69. The fraction of sp³-hybridized carbons (Fsp3) is 0.286. The lowest BCUT2D eigenvalue weighted by Gasteiger charge is -2.12. The quantitative estimate of drug-likeness (QED) is 0.600. The lowest BCUT2D eigenvalue weighted by atomic mass is 10.2. The lowest BCUT2D eigenvalue weighted by molar-refractivity contribution is 0.271. The average Bonchev–Trinajstić information content (AvgIpc) is 2.83. The standard InChI is InChI=1S/C14H14Br2O2S/c1-2-17-14-5-10(7-15)3-4-13(14)18-8-12-6-11(16)9-19-12/h3-6,9H,2,7-8H2,1H3. The summed E-state index contributed by atoms with van der Waals surface area (Å²) in [7, 11) is 0. The zero-order valence-electron chi connectivity index (χ0n) is 10.5. The van der Waals surface area contributed by atoms with Gasteiger partial charge in [-0.1, -0.05) is 22.0 Å². The van der Waals surface area contributed by atoms with Crippen molar-refractivity contribution in [1.29, 1.82) is 0 Å². The van der Waals surface area contributed by atoms with Gasteiger partial charge in [0.1, 0.15) is 6.61 Å². The number of benzene rings is 1. The zero-order chi connectivity index (χ0) is 13.7. The molecule has 0 fully saturated rings. The maximum absolute atomic E-state index is 5.84. The number of halogens is 2. The number of alkyl halides is 1. The summed E-state index contributed by atoms with van der Waals surface area (Å²) in [5, 5.41) is 2.86. The van der Waals surface area contributed by atoms with E-state index in [2.05, 4.69) is 43.3 Å². The molecule has 19 heavy (non-hydrogen) atoms. The molecule has 0 bridgehead atoms. The molecule has 1 aromatic heterocycles. The van der Waals surface area contributed by atoms with E-state index in [1.165, 1.54) is 10.4 Å². The van der Waals surface area contributed by atoms with Crippen LogP contribution >= 0.6 is 43.2 Å². The minimum absolute atomic E-state index is 0.560. The van der Waals surface area contributed by atoms with E-state index in [9.17, 15) is 0 Å². The van der Waals surface area contributed by atoms with Crippen LogP contribution in [0.15, 0.2) is 34.1 Å². The highest BCUT2D eigenvalue weighted by molar-refractivity contribution is 9.10. The monoisotopic (exact) mass is 404 g/mol. The highest BCUT2D eigenvalue weighted by Gasteiger charge is 2.07. The van der Waals surface area contributed by atoms with Crippen molar-refractivity contribution in [2.45, 2.75) is 18.9 Å². The van der Waals surface area contributed by atoms with Crippen LogP contribution in [0.25, 0.3) is 0 Å². The third kappa shape index (κ3) is 4.23. The Hall–Kier alpha value is -0.520. The fourth-order valence-corrected chi connectivity index (χ4v) is 3.31. The summed E-state index contributed by atoms with van der Waals surface area (Å²) in [6.07, 6.45) is 0. The van der Waals surface area contributed by atoms with Crippen LogP contribution in [0.3, 0.4) is 0 Å². The summed E-state index contributed by atoms with van der Waals surface area (Å²) >= 11 is 8.56. The summed E-state index contributed by atoms with van der Waals surface area (Å²) in [5.41, 5.74) is 1.18. The SMILES string of the molecule is CCOc1cc(CBr)ccc1OCc1cc(Br)cs1. The van der Waals surface area contributed by atoms with Gasteiger partial charge in [-0.2, -0.15) is 0 Å². The van der Waals surface area contributed by atoms with Gasteiger partial charge in [0, 0.05) is 20.1 Å². The van der Waals surface area contributed by atoms with Crippen molar-refractivity contribution in [1.82, 2.24) is 0 Å². The maximum atomic E-state index is 5.84. The van der Waals surface area contributed by atoms with Gasteiger partial charge >= 0.3 is 0 Å². The molecule has 2 rings (SSSR count). The number of hydrogen-bond acceptors (Lipinski definition) is 3. The van der Waals surface area contributed by atoms with Crippen LogP contribution in [-0.2, 0) is 11.9 Å². The lowest BCUT2D eigenvalue weighted by Crippen LogP contribution is -1.99. The van der Waals surface area contributed by atoms with Crippen LogP contribution < -0.4 is 9.47 Å². The molecule has 0 spiro atoms. The normalized spacial score (nSPS) is 10.5. The van der Waals surface area contributed by atoms with Crippen LogP contribution in [0.1, 0.15) is 17.4 Å². The van der Waals surface area contributed by atoms with Crippen molar-refractivity contribution in [2.24, 2.45) is 0 Å². The van der Waals surface area contributed by atoms with Crippen LogP contribution in [0.4, 0.5) is 0 Å². The Morgan fingerprint density at radius 1 is 1.16 bits per heavy atom. The van der Waals surface area contributed by atoms with Gasteiger partial charge in [0.05, 0.1) is 6.61 Å². The van der Waals surface area contributed by atoms with Crippen LogP contribution in [0.2, 0.25) is 0 Å². The molecule has 0 unspecified atom stereocenters. The minimum Gasteiger partial charge on any atom is -0.490 e. The highest BCUT2D eigenvalue weighted by atomic mass is 79.9. The van der Waals surface area contributed by atoms with Crippen molar-refractivity contribution in [3.05, 3.63) is 44.6 Å². The number of thiophene rings is 1. The summed E-state index contributed by atoms with van der Waals surface area (Å²) < 4.78 is 12.6. The van der Waals surface area contributed by atoms with Gasteiger partial charge in [0.2, 0.25) is 0 Å². The van der Waals surface area contributed by atoms with E-state index in [1.807, 2.05) is 25.1 Å². The second kappa shape index (κ2) is 7.31. The molecule has 0 atom stereocenters. The van der Waals surface area contributed by atoms with Crippen molar-refractivity contribution in [3.8, 4) is 11.5 Å². The molecule has 0 aliphatic heterocycles. The fourth-order valence-electron chi connectivity index (χ4n) is 1.60. The molecule has 5 heteroatoms. The van der Waals surface area contributed by atoms with Gasteiger partial charge in [-0.25, -0.2) is 0 Å². The van der Waals surface area contributed by atoms with E-state index in [-0.39, 0.29) is 0 Å². The Kier molecular flexibility index (Phi) is 5.73. The number of hydrogen-bond donors (Lipinski definition) is 0. The van der Waals surface area contributed by atoms with E-state index in [0.29, 0.717) is 13.2 Å². The van der Waals surface area contributed by atoms with E-state index >= 15 is 0 Å². The molecule has 1 aromatic carbocycles. The number of rotatable bonds is 6. The third-order valence-electron chi connectivity index (χ3n) is 2.45. The van der Waals surface area contributed by atoms with Gasteiger partial charge in [-0.05, 0) is 46.6 Å². The number of ether oxygens (including phenoxy) is 2. The van der Waals surface area contributed by atoms with Gasteiger partial charge in [0.25, 0.3) is 0 Å². The minimum atomic E-state index is 0.560.